The van der Waals surface area contributed by atoms with Crippen LogP contribution in [0.2, 0.25) is 10.0 Å². The van der Waals surface area contributed by atoms with Gasteiger partial charge in [-0.25, -0.2) is 9.59 Å². The van der Waals surface area contributed by atoms with Gasteiger partial charge in [-0.3, -0.25) is 9.59 Å². The van der Waals surface area contributed by atoms with Crippen molar-refractivity contribution in [1.29, 1.82) is 0 Å². The van der Waals surface area contributed by atoms with Crippen LogP contribution >= 0.6 is 35.0 Å². The predicted molar refractivity (Wildman–Crippen MR) is 133 cm³/mol. The molecule has 0 spiro atoms. The van der Waals surface area contributed by atoms with Crippen LogP contribution in [0.3, 0.4) is 0 Å². The van der Waals surface area contributed by atoms with Crippen LogP contribution in [-0.2, 0) is 14.4 Å². The number of rotatable bonds is 8. The van der Waals surface area contributed by atoms with E-state index >= 15 is 0 Å². The summed E-state index contributed by atoms with van der Waals surface area (Å²) >= 11 is 14.0. The molecular formula is C22H28Cl2N4O5S. The minimum atomic E-state index is -1.24. The van der Waals surface area contributed by atoms with Crippen LogP contribution in [-0.4, -0.2) is 84.7 Å². The monoisotopic (exact) mass is 530 g/mol. The molecule has 1 saturated heterocycles. The number of aliphatic carboxylic acids is 1. The number of piperidine rings is 1. The predicted octanol–water partition coefficient (Wildman–Crippen LogP) is 2.81. The Morgan fingerprint density at radius 2 is 1.85 bits per heavy atom. The third-order valence-electron chi connectivity index (χ3n) is 5.36. The van der Waals surface area contributed by atoms with Gasteiger partial charge in [0, 0.05) is 44.1 Å². The molecule has 0 radical (unpaired) electrons. The molecule has 1 heterocycles. The van der Waals surface area contributed by atoms with Crippen LogP contribution in [0.1, 0.15) is 18.4 Å². The molecule has 1 aromatic carbocycles. The SMILES string of the molecule is CSc1ccc(C=CC(=O)N2CCC(C(=O)N[C@@H](CNC(=O)N(C)C)C(=O)O)CC2)c(Cl)c1Cl. The molecule has 0 aromatic heterocycles. The fourth-order valence-corrected chi connectivity index (χ4v) is 4.47. The van der Waals surface area contributed by atoms with Gasteiger partial charge in [-0.1, -0.05) is 29.3 Å². The van der Waals surface area contributed by atoms with Crippen LogP contribution in [0.15, 0.2) is 23.1 Å². The molecule has 34 heavy (non-hydrogen) atoms. The molecule has 0 saturated carbocycles. The van der Waals surface area contributed by atoms with E-state index in [0.29, 0.717) is 41.5 Å². The summed E-state index contributed by atoms with van der Waals surface area (Å²) in [5, 5.41) is 15.1. The number of thioether (sulfide) groups is 1. The molecular weight excluding hydrogens is 503 g/mol. The highest BCUT2D eigenvalue weighted by Gasteiger charge is 2.30. The Balaban J connectivity index is 1.89. The lowest BCUT2D eigenvalue weighted by atomic mass is 9.95. The van der Waals surface area contributed by atoms with Crippen molar-refractivity contribution < 1.29 is 24.3 Å². The number of nitrogens with one attached hydrogen (secondary N) is 2. The van der Waals surface area contributed by atoms with E-state index in [9.17, 15) is 24.3 Å². The number of urea groups is 1. The molecule has 2 rings (SSSR count). The Hall–Kier alpha value is -2.43. The zero-order chi connectivity index (χ0) is 25.4. The van der Waals surface area contributed by atoms with Gasteiger partial charge in [0.2, 0.25) is 11.8 Å². The molecule has 0 aliphatic carbocycles. The fraction of sp³-hybridized carbons (Fsp3) is 0.455. The molecule has 1 atom stereocenters. The first kappa shape index (κ1) is 27.8. The largest absolute Gasteiger partial charge is 0.480 e. The van der Waals surface area contributed by atoms with Crippen molar-refractivity contribution in [2.24, 2.45) is 5.92 Å². The minimum Gasteiger partial charge on any atom is -0.480 e. The van der Waals surface area contributed by atoms with Crippen molar-refractivity contribution in [1.82, 2.24) is 20.4 Å². The first-order chi connectivity index (χ1) is 16.0. The molecule has 12 heteroatoms. The van der Waals surface area contributed by atoms with Gasteiger partial charge >= 0.3 is 12.0 Å². The zero-order valence-corrected chi connectivity index (χ0v) is 21.5. The number of halogens is 2. The topological polar surface area (TPSA) is 119 Å². The van der Waals surface area contributed by atoms with Gasteiger partial charge in [-0.2, -0.15) is 0 Å². The summed E-state index contributed by atoms with van der Waals surface area (Å²) in [5.74, 6) is -2.29. The first-order valence-electron chi connectivity index (χ1n) is 10.5. The van der Waals surface area contributed by atoms with Crippen LogP contribution in [0.4, 0.5) is 4.79 Å². The highest BCUT2D eigenvalue weighted by Crippen LogP contribution is 2.35. The lowest BCUT2D eigenvalue weighted by Crippen LogP contribution is -2.52. The third kappa shape index (κ3) is 7.54. The molecule has 1 fully saturated rings. The van der Waals surface area contributed by atoms with Crippen LogP contribution in [0, 0.1) is 5.92 Å². The summed E-state index contributed by atoms with van der Waals surface area (Å²) in [4.78, 5) is 51.9. The maximum Gasteiger partial charge on any atom is 0.328 e. The van der Waals surface area contributed by atoms with Crippen molar-refractivity contribution in [3.63, 3.8) is 0 Å². The number of hydrogen-bond acceptors (Lipinski definition) is 5. The Kier molecular flexibility index (Phi) is 10.5. The molecule has 9 nitrogen and oxygen atoms in total. The van der Waals surface area contributed by atoms with E-state index in [1.807, 2.05) is 12.3 Å². The van der Waals surface area contributed by atoms with E-state index in [1.54, 1.807) is 17.0 Å². The molecule has 1 aromatic rings. The lowest BCUT2D eigenvalue weighted by Gasteiger charge is -2.31. The summed E-state index contributed by atoms with van der Waals surface area (Å²) in [6, 6.07) is 1.93. The van der Waals surface area contributed by atoms with Gasteiger partial charge in [-0.05, 0) is 36.8 Å². The number of carboxylic acids is 1. The van der Waals surface area contributed by atoms with Crippen LogP contribution in [0.25, 0.3) is 6.08 Å². The quantitative estimate of drug-likeness (QED) is 0.351. The molecule has 1 aliphatic heterocycles. The molecule has 0 bridgehead atoms. The second-order valence-corrected chi connectivity index (χ2v) is 9.50. The number of nitrogens with zero attached hydrogens (tertiary/aromatic N) is 2. The van der Waals surface area contributed by atoms with Crippen molar-refractivity contribution >= 4 is 64.9 Å². The van der Waals surface area contributed by atoms with Gasteiger partial charge in [-0.15, -0.1) is 11.8 Å². The van der Waals surface area contributed by atoms with Crippen molar-refractivity contribution in [2.75, 3.05) is 40.0 Å². The standard InChI is InChI=1S/C22H28Cl2N4O5S/c1-27(2)22(33)25-12-15(21(31)32)26-20(30)14-8-10-28(11-9-14)17(29)7-5-13-4-6-16(34-3)19(24)18(13)23/h4-7,14-15H,8-12H2,1-3H3,(H,25,33)(H,26,30)(H,31,32)/t15-/m0/s1. The summed E-state index contributed by atoms with van der Waals surface area (Å²) in [6.07, 6.45) is 5.72. The van der Waals surface area contributed by atoms with Gasteiger partial charge in [0.05, 0.1) is 16.6 Å². The highest BCUT2D eigenvalue weighted by atomic mass is 35.5. The number of benzene rings is 1. The van der Waals surface area contributed by atoms with Gasteiger partial charge in [0.15, 0.2) is 0 Å². The molecule has 3 N–H and O–H groups in total. The summed E-state index contributed by atoms with van der Waals surface area (Å²) in [5.41, 5.74) is 0.633. The van der Waals surface area contributed by atoms with Gasteiger partial charge < -0.3 is 25.5 Å². The van der Waals surface area contributed by atoms with Gasteiger partial charge in [0.25, 0.3) is 0 Å². The highest BCUT2D eigenvalue weighted by molar-refractivity contribution is 7.98. The third-order valence-corrected chi connectivity index (χ3v) is 7.15. The number of amides is 4. The molecule has 1 aliphatic rings. The second kappa shape index (κ2) is 12.9. The molecule has 0 unspecified atom stereocenters. The number of carbonyl (C=O) groups is 4. The number of carboxylic acid groups (broad SMARTS) is 1. The molecule has 186 valence electrons. The minimum absolute atomic E-state index is 0.213. The average molecular weight is 531 g/mol. The Morgan fingerprint density at radius 3 is 2.41 bits per heavy atom. The maximum absolute atomic E-state index is 12.6. The number of likely N-dealkylation sites (tertiary alicyclic amines) is 1. The van der Waals surface area contributed by atoms with Crippen LogP contribution in [0.5, 0.6) is 0 Å². The van der Waals surface area contributed by atoms with E-state index in [1.165, 1.54) is 36.8 Å². The Bertz CT molecular complexity index is 965. The van der Waals surface area contributed by atoms with Crippen LogP contribution < -0.4 is 10.6 Å². The van der Waals surface area contributed by atoms with E-state index < -0.39 is 29.9 Å². The smallest absolute Gasteiger partial charge is 0.328 e. The summed E-state index contributed by atoms with van der Waals surface area (Å²) in [7, 11) is 3.05. The lowest BCUT2D eigenvalue weighted by molar-refractivity contribution is -0.142. The number of hydrogen-bond donors (Lipinski definition) is 3. The van der Waals surface area contributed by atoms with Gasteiger partial charge in [0.1, 0.15) is 6.04 Å². The van der Waals surface area contributed by atoms with E-state index in [4.69, 9.17) is 23.2 Å². The summed E-state index contributed by atoms with van der Waals surface area (Å²) in [6.45, 7) is 0.483. The van der Waals surface area contributed by atoms with E-state index in [-0.39, 0.29) is 12.5 Å². The molecule has 4 amide bonds. The first-order valence-corrected chi connectivity index (χ1v) is 12.5. The fourth-order valence-electron chi connectivity index (χ4n) is 3.30. The Labute approximate surface area is 212 Å². The Morgan fingerprint density at radius 1 is 1.21 bits per heavy atom. The maximum atomic E-state index is 12.6. The zero-order valence-electron chi connectivity index (χ0n) is 19.1. The average Bonchev–Trinajstić information content (AvgIpc) is 2.81. The van der Waals surface area contributed by atoms with E-state index in [0.717, 1.165) is 4.90 Å². The normalized spacial score (nSPS) is 15.1. The number of carbonyl (C=O) groups excluding carboxylic acids is 3. The van der Waals surface area contributed by atoms with Crippen molar-refractivity contribution in [3.8, 4) is 0 Å². The van der Waals surface area contributed by atoms with Crippen molar-refractivity contribution in [2.45, 2.75) is 23.8 Å². The summed E-state index contributed by atoms with van der Waals surface area (Å²) < 4.78 is 0. The second-order valence-electron chi connectivity index (χ2n) is 7.90. The van der Waals surface area contributed by atoms with E-state index in [2.05, 4.69) is 10.6 Å². The van der Waals surface area contributed by atoms with Crippen molar-refractivity contribution in [3.05, 3.63) is 33.8 Å².